The summed E-state index contributed by atoms with van der Waals surface area (Å²) in [5, 5.41) is 7.88. The van der Waals surface area contributed by atoms with Crippen molar-refractivity contribution in [1.29, 1.82) is 0 Å². The van der Waals surface area contributed by atoms with Gasteiger partial charge >= 0.3 is 0 Å². The summed E-state index contributed by atoms with van der Waals surface area (Å²) in [6, 6.07) is 8.91. The van der Waals surface area contributed by atoms with Gasteiger partial charge in [0.1, 0.15) is 0 Å². The molecule has 106 valence electrons. The molecule has 1 N–H and O–H groups in total. The largest absolute Gasteiger partial charge is 0.493 e. The Bertz CT molecular complexity index is 584. The van der Waals surface area contributed by atoms with Crippen LogP contribution in [0.15, 0.2) is 30.5 Å². The molecule has 0 bridgehead atoms. The highest BCUT2D eigenvalue weighted by molar-refractivity contribution is 5.44. The van der Waals surface area contributed by atoms with E-state index in [9.17, 15) is 0 Å². The number of ether oxygens (including phenoxy) is 1. The van der Waals surface area contributed by atoms with Crippen LogP contribution < -0.4 is 10.1 Å². The van der Waals surface area contributed by atoms with Gasteiger partial charge in [-0.05, 0) is 31.5 Å². The molecule has 4 nitrogen and oxygen atoms in total. The minimum atomic E-state index is 0.238. The van der Waals surface area contributed by atoms with Crippen molar-refractivity contribution >= 4 is 0 Å². The minimum absolute atomic E-state index is 0.238. The Morgan fingerprint density at radius 2 is 2.25 bits per heavy atom. The molecule has 4 heteroatoms. The molecule has 2 unspecified atom stereocenters. The van der Waals surface area contributed by atoms with Gasteiger partial charge in [-0.1, -0.05) is 24.3 Å². The molecule has 1 aliphatic rings. The Balaban J connectivity index is 1.98. The van der Waals surface area contributed by atoms with Crippen molar-refractivity contribution in [2.45, 2.75) is 31.8 Å². The van der Waals surface area contributed by atoms with Crippen LogP contribution in [0.25, 0.3) is 0 Å². The number of benzene rings is 1. The molecule has 0 amide bonds. The topological polar surface area (TPSA) is 39.1 Å². The molecule has 0 radical (unpaired) electrons. The molecule has 0 saturated heterocycles. The molecule has 0 fully saturated rings. The highest BCUT2D eigenvalue weighted by Gasteiger charge is 2.36. The van der Waals surface area contributed by atoms with E-state index in [1.54, 1.807) is 7.11 Å². The summed E-state index contributed by atoms with van der Waals surface area (Å²) < 4.78 is 7.52. The lowest BCUT2D eigenvalue weighted by Crippen LogP contribution is -2.33. The normalized spacial score (nSPS) is 18.2. The quantitative estimate of drug-likeness (QED) is 0.908. The van der Waals surface area contributed by atoms with E-state index in [1.807, 2.05) is 17.9 Å². The van der Waals surface area contributed by atoms with Gasteiger partial charge in [0.15, 0.2) is 5.75 Å². The number of fused-ring (bicyclic) bond motifs is 1. The molecule has 3 rings (SSSR count). The van der Waals surface area contributed by atoms with E-state index in [4.69, 9.17) is 4.74 Å². The van der Waals surface area contributed by atoms with Crippen molar-refractivity contribution in [2.24, 2.45) is 0 Å². The van der Waals surface area contributed by atoms with E-state index in [0.29, 0.717) is 5.92 Å². The third-order valence-corrected chi connectivity index (χ3v) is 4.27. The molecule has 1 heterocycles. The first-order valence-corrected chi connectivity index (χ1v) is 7.14. The highest BCUT2D eigenvalue weighted by Crippen LogP contribution is 2.45. The number of likely N-dealkylation sites (N-methyl/N-ethyl adjacent to an activating group) is 1. The monoisotopic (exact) mass is 271 g/mol. The third kappa shape index (κ3) is 1.91. The summed E-state index contributed by atoms with van der Waals surface area (Å²) >= 11 is 0. The molecule has 2 aromatic rings. The van der Waals surface area contributed by atoms with Crippen LogP contribution in [-0.2, 0) is 13.0 Å². The predicted molar refractivity (Wildman–Crippen MR) is 79.1 cm³/mol. The lowest BCUT2D eigenvalue weighted by molar-refractivity contribution is 0.367. The zero-order valence-corrected chi connectivity index (χ0v) is 12.3. The second-order valence-electron chi connectivity index (χ2n) is 5.19. The van der Waals surface area contributed by atoms with E-state index >= 15 is 0 Å². The van der Waals surface area contributed by atoms with Crippen molar-refractivity contribution in [1.82, 2.24) is 15.1 Å². The van der Waals surface area contributed by atoms with Crippen molar-refractivity contribution in [3.8, 4) is 5.75 Å². The SMILES string of the molecule is CCn1ncc(OC)c1C(NC)C1Cc2ccccc21. The molecule has 2 atom stereocenters. The molecular weight excluding hydrogens is 250 g/mol. The number of methoxy groups -OCH3 is 1. The maximum Gasteiger partial charge on any atom is 0.161 e. The van der Waals surface area contributed by atoms with Crippen molar-refractivity contribution in [3.05, 3.63) is 47.3 Å². The number of hydrogen-bond donors (Lipinski definition) is 1. The van der Waals surface area contributed by atoms with Crippen LogP contribution in [-0.4, -0.2) is 23.9 Å². The van der Waals surface area contributed by atoms with Crippen LogP contribution in [0.4, 0.5) is 0 Å². The van der Waals surface area contributed by atoms with Crippen LogP contribution in [0.1, 0.15) is 35.7 Å². The zero-order valence-electron chi connectivity index (χ0n) is 12.3. The van der Waals surface area contributed by atoms with Crippen molar-refractivity contribution < 1.29 is 4.74 Å². The maximum atomic E-state index is 5.49. The smallest absolute Gasteiger partial charge is 0.161 e. The van der Waals surface area contributed by atoms with Gasteiger partial charge in [0.25, 0.3) is 0 Å². The van der Waals surface area contributed by atoms with Crippen LogP contribution in [0.3, 0.4) is 0 Å². The Morgan fingerprint density at radius 3 is 2.90 bits per heavy atom. The van der Waals surface area contributed by atoms with E-state index in [2.05, 4.69) is 41.6 Å². The fourth-order valence-corrected chi connectivity index (χ4v) is 3.22. The van der Waals surface area contributed by atoms with E-state index in [-0.39, 0.29) is 6.04 Å². The van der Waals surface area contributed by atoms with E-state index in [0.717, 1.165) is 24.4 Å². The summed E-state index contributed by atoms with van der Waals surface area (Å²) in [4.78, 5) is 0. The number of rotatable bonds is 5. The van der Waals surface area contributed by atoms with Gasteiger partial charge in [-0.3, -0.25) is 4.68 Å². The van der Waals surface area contributed by atoms with Gasteiger partial charge in [0, 0.05) is 12.5 Å². The summed E-state index contributed by atoms with van der Waals surface area (Å²) in [6.07, 6.45) is 2.92. The molecule has 1 aromatic heterocycles. The fraction of sp³-hybridized carbons (Fsp3) is 0.438. The summed E-state index contributed by atoms with van der Waals surface area (Å²) in [5.41, 5.74) is 4.05. The highest BCUT2D eigenvalue weighted by atomic mass is 16.5. The van der Waals surface area contributed by atoms with Gasteiger partial charge < -0.3 is 10.1 Å². The lowest BCUT2D eigenvalue weighted by Gasteiger charge is -2.36. The van der Waals surface area contributed by atoms with Crippen LogP contribution in [0.2, 0.25) is 0 Å². The first-order valence-electron chi connectivity index (χ1n) is 7.14. The van der Waals surface area contributed by atoms with Crippen LogP contribution in [0.5, 0.6) is 5.75 Å². The van der Waals surface area contributed by atoms with Crippen LogP contribution >= 0.6 is 0 Å². The van der Waals surface area contributed by atoms with Gasteiger partial charge in [0.05, 0.1) is 25.0 Å². The molecule has 20 heavy (non-hydrogen) atoms. The van der Waals surface area contributed by atoms with Gasteiger partial charge in [-0.15, -0.1) is 0 Å². The second kappa shape index (κ2) is 5.29. The van der Waals surface area contributed by atoms with Gasteiger partial charge in [0.2, 0.25) is 0 Å². The zero-order chi connectivity index (χ0) is 14.1. The third-order valence-electron chi connectivity index (χ3n) is 4.27. The van der Waals surface area contributed by atoms with E-state index in [1.165, 1.54) is 11.1 Å². The van der Waals surface area contributed by atoms with Crippen molar-refractivity contribution in [3.63, 3.8) is 0 Å². The number of aromatic nitrogens is 2. The average Bonchev–Trinajstić information content (AvgIpc) is 2.87. The molecule has 1 aliphatic carbocycles. The number of hydrogen-bond acceptors (Lipinski definition) is 3. The second-order valence-corrected chi connectivity index (χ2v) is 5.19. The first-order chi connectivity index (χ1) is 9.80. The lowest BCUT2D eigenvalue weighted by atomic mass is 9.72. The number of nitrogens with one attached hydrogen (secondary N) is 1. The number of aryl methyl sites for hydroxylation is 1. The summed E-state index contributed by atoms with van der Waals surface area (Å²) in [5.74, 6) is 1.36. The fourth-order valence-electron chi connectivity index (χ4n) is 3.22. The Hall–Kier alpha value is -1.81. The minimum Gasteiger partial charge on any atom is -0.493 e. The van der Waals surface area contributed by atoms with Crippen molar-refractivity contribution in [2.75, 3.05) is 14.2 Å². The molecule has 0 saturated carbocycles. The standard InChI is InChI=1S/C16H21N3O/c1-4-19-16(14(20-3)10-18-19)15(17-2)13-9-11-7-5-6-8-12(11)13/h5-8,10,13,15,17H,4,9H2,1-3H3. The summed E-state index contributed by atoms with van der Waals surface area (Å²) in [7, 11) is 3.72. The van der Waals surface area contributed by atoms with E-state index < -0.39 is 0 Å². The molecule has 0 aliphatic heterocycles. The maximum absolute atomic E-state index is 5.49. The Labute approximate surface area is 119 Å². The van der Waals surface area contributed by atoms with Gasteiger partial charge in [-0.25, -0.2) is 0 Å². The van der Waals surface area contributed by atoms with Gasteiger partial charge in [-0.2, -0.15) is 5.10 Å². The Morgan fingerprint density at radius 1 is 1.45 bits per heavy atom. The predicted octanol–water partition coefficient (Wildman–Crippen LogP) is 2.51. The summed E-state index contributed by atoms with van der Waals surface area (Å²) in [6.45, 7) is 2.96. The first kappa shape index (κ1) is 13.2. The Kier molecular flexibility index (Phi) is 3.49. The average molecular weight is 271 g/mol. The molecular formula is C16H21N3O. The molecule has 1 aromatic carbocycles. The molecule has 0 spiro atoms. The van der Waals surface area contributed by atoms with Crippen LogP contribution in [0, 0.1) is 0 Å². The number of nitrogens with zero attached hydrogens (tertiary/aromatic N) is 2.